The largest absolute Gasteiger partial charge is 0.543 e. The number of pyridine rings is 1. The molecule has 1 rings (SSSR count). The number of aromatic carboxylic acids is 1. The van der Waals surface area contributed by atoms with Gasteiger partial charge in [0.25, 0.3) is 0 Å². The second-order valence-electron chi connectivity index (χ2n) is 1.87. The molecule has 0 unspecified atom stereocenters. The van der Waals surface area contributed by atoms with Gasteiger partial charge in [-0.25, -0.2) is 0 Å². The van der Waals surface area contributed by atoms with Crippen molar-refractivity contribution in [2.45, 2.75) is 0 Å². The third-order valence-electron chi connectivity index (χ3n) is 1.11. The minimum atomic E-state index is -1.49. The van der Waals surface area contributed by atoms with Crippen molar-refractivity contribution in [1.82, 2.24) is 11.1 Å². The molecule has 1 heterocycles. The number of hydrogen-bond donors (Lipinski definition) is 1. The van der Waals surface area contributed by atoms with Crippen LogP contribution < -0.4 is 11.3 Å². The summed E-state index contributed by atoms with van der Waals surface area (Å²) in [5.74, 6) is -1.49. The fourth-order valence-corrected chi connectivity index (χ4v) is 1.14. The fourth-order valence-electron chi connectivity index (χ4n) is 0.586. The van der Waals surface area contributed by atoms with E-state index in [1.165, 1.54) is 0 Å². The van der Waals surface area contributed by atoms with Crippen LogP contribution in [0.1, 0.15) is 10.5 Å². The lowest BCUT2D eigenvalue weighted by Crippen LogP contribution is -2.24. The molecule has 0 amide bonds. The van der Waals surface area contributed by atoms with Gasteiger partial charge in [-0.15, -0.1) is 0 Å². The van der Waals surface area contributed by atoms with Crippen LogP contribution in [-0.2, 0) is 0 Å². The van der Waals surface area contributed by atoms with E-state index in [1.807, 2.05) is 0 Å². The molecule has 7 heteroatoms. The van der Waals surface area contributed by atoms with Crippen molar-refractivity contribution < 1.29 is 9.90 Å². The summed E-state index contributed by atoms with van der Waals surface area (Å²) < 4.78 is 0. The van der Waals surface area contributed by atoms with E-state index in [0.717, 1.165) is 6.20 Å². The maximum atomic E-state index is 10.3. The van der Waals surface area contributed by atoms with Crippen molar-refractivity contribution in [3.8, 4) is 0 Å². The molecular formula is C6H5Cl3N2O2. The molecule has 0 radical (unpaired) electrons. The molecule has 0 saturated heterocycles. The molecule has 13 heavy (non-hydrogen) atoms. The molecule has 0 aliphatic heterocycles. The molecule has 1 aromatic rings. The molecule has 1 aromatic heterocycles. The molecule has 0 atom stereocenters. The number of quaternary nitrogens is 1. The van der Waals surface area contributed by atoms with E-state index >= 15 is 0 Å². The first-order chi connectivity index (χ1) is 5.54. The van der Waals surface area contributed by atoms with Gasteiger partial charge in [0, 0.05) is 6.20 Å². The van der Waals surface area contributed by atoms with Gasteiger partial charge >= 0.3 is 0 Å². The first-order valence-corrected chi connectivity index (χ1v) is 3.88. The molecule has 0 aliphatic carbocycles. The smallest absolute Gasteiger partial charge is 0.106 e. The third kappa shape index (κ3) is 2.45. The molecule has 4 nitrogen and oxygen atoms in total. The van der Waals surface area contributed by atoms with E-state index < -0.39 is 11.7 Å². The topological polar surface area (TPSA) is 89.5 Å². The van der Waals surface area contributed by atoms with Gasteiger partial charge in [-0.3, -0.25) is 4.98 Å². The van der Waals surface area contributed by atoms with E-state index in [9.17, 15) is 9.90 Å². The standard InChI is InChI=1S/C6H2Cl3NO2.H3N/c7-2-1-10-5(6(11)12)4(9)3(2)8;/h1H,(H,11,12);1H3. The first kappa shape index (κ1) is 12.4. The highest BCUT2D eigenvalue weighted by Gasteiger charge is 2.10. The summed E-state index contributed by atoms with van der Waals surface area (Å²) in [6.07, 6.45) is 1.10. The van der Waals surface area contributed by atoms with Crippen molar-refractivity contribution in [3.05, 3.63) is 27.0 Å². The second kappa shape index (κ2) is 4.62. The number of hydrogen-bond acceptors (Lipinski definition) is 3. The summed E-state index contributed by atoms with van der Waals surface area (Å²) in [4.78, 5) is 13.8. The number of carboxylic acids is 1. The zero-order valence-corrected chi connectivity index (χ0v) is 8.74. The lowest BCUT2D eigenvalue weighted by molar-refractivity contribution is -0.255. The Morgan fingerprint density at radius 3 is 2.31 bits per heavy atom. The predicted molar refractivity (Wildman–Crippen MR) is 49.6 cm³/mol. The van der Waals surface area contributed by atoms with Crippen molar-refractivity contribution in [2.75, 3.05) is 0 Å². The molecule has 0 saturated carbocycles. The van der Waals surface area contributed by atoms with Gasteiger partial charge in [0.2, 0.25) is 0 Å². The minimum absolute atomic E-state index is 0. The van der Waals surface area contributed by atoms with Crippen LogP contribution in [0, 0.1) is 0 Å². The molecule has 4 N–H and O–H groups in total. The maximum absolute atomic E-state index is 10.3. The molecule has 72 valence electrons. The Morgan fingerprint density at radius 2 is 1.85 bits per heavy atom. The summed E-state index contributed by atoms with van der Waals surface area (Å²) in [6, 6.07) is 0. The van der Waals surface area contributed by atoms with E-state index in [2.05, 4.69) is 4.98 Å². The molecule has 0 fully saturated rings. The Morgan fingerprint density at radius 1 is 1.31 bits per heavy atom. The van der Waals surface area contributed by atoms with Gasteiger partial charge in [0.05, 0.1) is 21.0 Å². The van der Waals surface area contributed by atoms with E-state index in [1.54, 1.807) is 0 Å². The van der Waals surface area contributed by atoms with Crippen LogP contribution in [0.3, 0.4) is 0 Å². The first-order valence-electron chi connectivity index (χ1n) is 2.75. The lowest BCUT2D eigenvalue weighted by Gasteiger charge is -2.05. The van der Waals surface area contributed by atoms with Crippen molar-refractivity contribution in [2.24, 2.45) is 0 Å². The Labute approximate surface area is 89.0 Å². The SMILES string of the molecule is O=C([O-])c1ncc(Cl)c(Cl)c1Cl.[NH4+]. The van der Waals surface area contributed by atoms with Gasteiger partial charge in [-0.1, -0.05) is 34.8 Å². The average Bonchev–Trinajstić information content (AvgIpc) is 2.00. The van der Waals surface area contributed by atoms with Crippen LogP contribution in [0.5, 0.6) is 0 Å². The molecular weight excluding hydrogens is 238 g/mol. The highest BCUT2D eigenvalue weighted by molar-refractivity contribution is 6.48. The van der Waals surface area contributed by atoms with Crippen LogP contribution in [-0.4, -0.2) is 11.0 Å². The lowest BCUT2D eigenvalue weighted by atomic mass is 10.3. The van der Waals surface area contributed by atoms with Crippen molar-refractivity contribution in [3.63, 3.8) is 0 Å². The number of nitrogens with zero attached hydrogens (tertiary/aromatic N) is 1. The van der Waals surface area contributed by atoms with E-state index in [4.69, 9.17) is 34.8 Å². The van der Waals surface area contributed by atoms with Crippen LogP contribution in [0.2, 0.25) is 15.1 Å². The highest BCUT2D eigenvalue weighted by atomic mass is 35.5. The number of carbonyl (C=O) groups is 1. The summed E-state index contributed by atoms with van der Waals surface area (Å²) in [5.41, 5.74) is -0.411. The summed E-state index contributed by atoms with van der Waals surface area (Å²) in [6.45, 7) is 0. The quantitative estimate of drug-likeness (QED) is 0.815. The van der Waals surface area contributed by atoms with Crippen LogP contribution in [0.15, 0.2) is 6.20 Å². The molecule has 0 aliphatic rings. The van der Waals surface area contributed by atoms with Gasteiger partial charge in [0.1, 0.15) is 5.69 Å². The Balaban J connectivity index is 0.00000144. The molecule has 0 spiro atoms. The van der Waals surface area contributed by atoms with Crippen LogP contribution >= 0.6 is 34.8 Å². The summed E-state index contributed by atoms with van der Waals surface area (Å²) >= 11 is 16.5. The van der Waals surface area contributed by atoms with Crippen LogP contribution in [0.25, 0.3) is 0 Å². The number of carboxylic acid groups (broad SMARTS) is 1. The third-order valence-corrected chi connectivity index (χ3v) is 2.35. The molecule has 0 aromatic carbocycles. The normalized spacial score (nSPS) is 9.15. The Hall–Kier alpha value is -0.550. The van der Waals surface area contributed by atoms with Gasteiger partial charge < -0.3 is 16.1 Å². The maximum Gasteiger partial charge on any atom is 0.106 e. The summed E-state index contributed by atoms with van der Waals surface area (Å²) in [7, 11) is 0. The van der Waals surface area contributed by atoms with Gasteiger partial charge in [-0.2, -0.15) is 0 Å². The average molecular weight is 243 g/mol. The Kier molecular flexibility index (Phi) is 4.43. The Bertz CT molecular complexity index is 343. The van der Waals surface area contributed by atoms with Crippen LogP contribution in [0.4, 0.5) is 0 Å². The number of aromatic nitrogens is 1. The molecule has 0 bridgehead atoms. The fraction of sp³-hybridized carbons (Fsp3) is 0. The van der Waals surface area contributed by atoms with Crippen molar-refractivity contribution >= 4 is 40.8 Å². The number of halogens is 3. The highest BCUT2D eigenvalue weighted by Crippen LogP contribution is 2.30. The predicted octanol–water partition coefficient (Wildman–Crippen LogP) is 1.78. The monoisotopic (exact) mass is 242 g/mol. The summed E-state index contributed by atoms with van der Waals surface area (Å²) in [5, 5.41) is 10.2. The van der Waals surface area contributed by atoms with Crippen molar-refractivity contribution in [1.29, 1.82) is 0 Å². The minimum Gasteiger partial charge on any atom is -0.543 e. The second-order valence-corrected chi connectivity index (χ2v) is 3.03. The number of rotatable bonds is 1. The van der Waals surface area contributed by atoms with E-state index in [0.29, 0.717) is 0 Å². The number of carbonyl (C=O) groups excluding carboxylic acids is 1. The zero-order chi connectivity index (χ0) is 9.30. The van der Waals surface area contributed by atoms with Gasteiger partial charge in [-0.05, 0) is 0 Å². The van der Waals surface area contributed by atoms with Gasteiger partial charge in [0.15, 0.2) is 0 Å². The zero-order valence-electron chi connectivity index (χ0n) is 6.47. The van der Waals surface area contributed by atoms with E-state index in [-0.39, 0.29) is 21.2 Å².